The SMILES string of the molecule is C=CCn1c(=O)n(CC=C)c(=O)n(Cc2ccc(Cl)cc2)c1=O. The third-order valence-corrected chi connectivity index (χ3v) is 3.51. The van der Waals surface area contributed by atoms with Gasteiger partial charge >= 0.3 is 17.1 Å². The van der Waals surface area contributed by atoms with E-state index in [0.717, 1.165) is 19.3 Å². The molecule has 0 N–H and O–H groups in total. The van der Waals surface area contributed by atoms with Gasteiger partial charge in [0.15, 0.2) is 0 Å². The Morgan fingerprint density at radius 1 is 0.826 bits per heavy atom. The topological polar surface area (TPSA) is 66.0 Å². The number of allylic oxidation sites excluding steroid dienone is 2. The van der Waals surface area contributed by atoms with E-state index in [1.807, 2.05) is 0 Å². The van der Waals surface area contributed by atoms with Gasteiger partial charge < -0.3 is 0 Å². The normalized spacial score (nSPS) is 10.5. The van der Waals surface area contributed by atoms with E-state index in [0.29, 0.717) is 5.02 Å². The summed E-state index contributed by atoms with van der Waals surface area (Å²) in [6.45, 7) is 7.15. The Labute approximate surface area is 137 Å². The zero-order valence-electron chi connectivity index (χ0n) is 12.4. The van der Waals surface area contributed by atoms with Gasteiger partial charge in [-0.2, -0.15) is 0 Å². The van der Waals surface area contributed by atoms with E-state index in [4.69, 9.17) is 11.6 Å². The Hall–Kier alpha value is -2.60. The Morgan fingerprint density at radius 3 is 1.70 bits per heavy atom. The van der Waals surface area contributed by atoms with Crippen LogP contribution in [0.15, 0.2) is 64.0 Å². The predicted molar refractivity (Wildman–Crippen MR) is 90.2 cm³/mol. The van der Waals surface area contributed by atoms with Crippen LogP contribution in [-0.2, 0) is 19.6 Å². The van der Waals surface area contributed by atoms with Crippen molar-refractivity contribution in [2.75, 3.05) is 0 Å². The zero-order valence-corrected chi connectivity index (χ0v) is 13.2. The highest BCUT2D eigenvalue weighted by molar-refractivity contribution is 6.30. The van der Waals surface area contributed by atoms with Gasteiger partial charge in [-0.25, -0.2) is 28.1 Å². The molecule has 0 radical (unpaired) electrons. The van der Waals surface area contributed by atoms with E-state index in [-0.39, 0.29) is 19.6 Å². The highest BCUT2D eigenvalue weighted by Crippen LogP contribution is 2.09. The third kappa shape index (κ3) is 3.43. The van der Waals surface area contributed by atoms with Crippen LogP contribution in [0.4, 0.5) is 0 Å². The van der Waals surface area contributed by atoms with Gasteiger partial charge in [0.1, 0.15) is 0 Å². The summed E-state index contributed by atoms with van der Waals surface area (Å²) < 4.78 is 2.94. The van der Waals surface area contributed by atoms with Crippen molar-refractivity contribution in [3.8, 4) is 0 Å². The van der Waals surface area contributed by atoms with Gasteiger partial charge in [0.25, 0.3) is 0 Å². The highest BCUT2D eigenvalue weighted by atomic mass is 35.5. The van der Waals surface area contributed by atoms with E-state index in [1.165, 1.54) is 12.2 Å². The molecule has 0 bridgehead atoms. The fourth-order valence-corrected chi connectivity index (χ4v) is 2.29. The molecule has 2 rings (SSSR count). The number of benzene rings is 1. The van der Waals surface area contributed by atoms with Crippen LogP contribution in [0.3, 0.4) is 0 Å². The van der Waals surface area contributed by atoms with Crippen molar-refractivity contribution < 1.29 is 0 Å². The first-order chi connectivity index (χ1) is 11.0. The molecule has 0 fully saturated rings. The molecule has 0 aliphatic heterocycles. The molecule has 1 heterocycles. The second kappa shape index (κ2) is 7.11. The summed E-state index contributed by atoms with van der Waals surface area (Å²) in [5.74, 6) is 0. The number of nitrogens with zero attached hydrogens (tertiary/aromatic N) is 3. The van der Waals surface area contributed by atoms with Crippen LogP contribution in [0.2, 0.25) is 5.02 Å². The van der Waals surface area contributed by atoms with Crippen molar-refractivity contribution >= 4 is 11.6 Å². The molecule has 0 atom stereocenters. The Morgan fingerprint density at radius 2 is 1.26 bits per heavy atom. The smallest absolute Gasteiger partial charge is 0.247 e. The molecule has 120 valence electrons. The molecule has 0 spiro atoms. The molecule has 0 aliphatic rings. The van der Waals surface area contributed by atoms with Crippen LogP contribution in [0.1, 0.15) is 5.56 Å². The van der Waals surface area contributed by atoms with Crippen molar-refractivity contribution in [2.45, 2.75) is 19.6 Å². The van der Waals surface area contributed by atoms with Crippen LogP contribution < -0.4 is 17.1 Å². The molecular formula is C16H16ClN3O3. The summed E-state index contributed by atoms with van der Waals surface area (Å²) in [5.41, 5.74) is -1.29. The molecule has 0 amide bonds. The van der Waals surface area contributed by atoms with Crippen LogP contribution >= 0.6 is 11.6 Å². The molecule has 0 unspecified atom stereocenters. The Kier molecular flexibility index (Phi) is 5.18. The first-order valence-corrected chi connectivity index (χ1v) is 7.28. The first kappa shape index (κ1) is 16.8. The van der Waals surface area contributed by atoms with E-state index < -0.39 is 17.1 Å². The third-order valence-electron chi connectivity index (χ3n) is 3.26. The van der Waals surface area contributed by atoms with Gasteiger partial charge in [-0.1, -0.05) is 35.9 Å². The van der Waals surface area contributed by atoms with Gasteiger partial charge in [0.2, 0.25) is 0 Å². The monoisotopic (exact) mass is 333 g/mol. The summed E-state index contributed by atoms with van der Waals surface area (Å²) >= 11 is 5.83. The van der Waals surface area contributed by atoms with Crippen molar-refractivity contribution in [2.24, 2.45) is 0 Å². The summed E-state index contributed by atoms with van der Waals surface area (Å²) in [4.78, 5) is 37.1. The zero-order chi connectivity index (χ0) is 17.0. The molecule has 0 aliphatic carbocycles. The molecule has 23 heavy (non-hydrogen) atoms. The quantitative estimate of drug-likeness (QED) is 0.747. The summed E-state index contributed by atoms with van der Waals surface area (Å²) in [6.07, 6.45) is 2.86. The van der Waals surface area contributed by atoms with Gasteiger partial charge in [0, 0.05) is 5.02 Å². The van der Waals surface area contributed by atoms with Crippen molar-refractivity contribution in [3.63, 3.8) is 0 Å². The summed E-state index contributed by atoms with van der Waals surface area (Å²) in [5, 5.41) is 0.557. The van der Waals surface area contributed by atoms with Crippen LogP contribution in [0, 0.1) is 0 Å². The van der Waals surface area contributed by atoms with E-state index in [1.54, 1.807) is 24.3 Å². The Bertz CT molecular complexity index is 856. The molecule has 1 aromatic carbocycles. The predicted octanol–water partition coefficient (Wildman–Crippen LogP) is 1.25. The van der Waals surface area contributed by atoms with Gasteiger partial charge in [-0.15, -0.1) is 13.2 Å². The minimum atomic E-state index is -0.674. The number of aromatic nitrogens is 3. The van der Waals surface area contributed by atoms with E-state index >= 15 is 0 Å². The van der Waals surface area contributed by atoms with Gasteiger partial charge in [0.05, 0.1) is 19.6 Å². The maximum absolute atomic E-state index is 12.4. The Balaban J connectivity index is 2.66. The molecule has 0 saturated heterocycles. The largest absolute Gasteiger partial charge is 0.336 e. The molecule has 2 aromatic rings. The van der Waals surface area contributed by atoms with E-state index in [2.05, 4.69) is 13.2 Å². The molecule has 0 saturated carbocycles. The number of hydrogen-bond acceptors (Lipinski definition) is 3. The fourth-order valence-electron chi connectivity index (χ4n) is 2.16. The lowest BCUT2D eigenvalue weighted by Crippen LogP contribution is -2.54. The second-order valence-electron chi connectivity index (χ2n) is 4.86. The van der Waals surface area contributed by atoms with Crippen LogP contribution in [0.25, 0.3) is 0 Å². The summed E-state index contributed by atoms with van der Waals surface area (Å²) in [6, 6.07) is 6.78. The van der Waals surface area contributed by atoms with E-state index in [9.17, 15) is 14.4 Å². The van der Waals surface area contributed by atoms with Crippen molar-refractivity contribution in [1.29, 1.82) is 0 Å². The lowest BCUT2D eigenvalue weighted by molar-refractivity contribution is 0.498. The number of halogens is 1. The minimum absolute atomic E-state index is 0.0235. The van der Waals surface area contributed by atoms with Gasteiger partial charge in [-0.05, 0) is 17.7 Å². The maximum Gasteiger partial charge on any atom is 0.336 e. The minimum Gasteiger partial charge on any atom is -0.247 e. The standard InChI is InChI=1S/C16H16ClN3O3/c1-3-9-18-14(21)19(10-4-2)16(23)20(15(18)22)11-12-5-7-13(17)8-6-12/h3-8H,1-2,9-11H2. The van der Waals surface area contributed by atoms with Gasteiger partial charge in [-0.3, -0.25) is 0 Å². The second-order valence-corrected chi connectivity index (χ2v) is 5.30. The van der Waals surface area contributed by atoms with Crippen LogP contribution in [-0.4, -0.2) is 13.7 Å². The maximum atomic E-state index is 12.4. The fraction of sp³-hybridized carbons (Fsp3) is 0.188. The van der Waals surface area contributed by atoms with Crippen molar-refractivity contribution in [3.05, 3.63) is 91.6 Å². The first-order valence-electron chi connectivity index (χ1n) is 6.90. The molecule has 7 heteroatoms. The lowest BCUT2D eigenvalue weighted by Gasteiger charge is -2.12. The van der Waals surface area contributed by atoms with Crippen molar-refractivity contribution in [1.82, 2.24) is 13.7 Å². The van der Waals surface area contributed by atoms with Crippen LogP contribution in [0.5, 0.6) is 0 Å². The average Bonchev–Trinajstić information content (AvgIpc) is 2.54. The average molecular weight is 334 g/mol. The summed E-state index contributed by atoms with van der Waals surface area (Å²) in [7, 11) is 0. The number of hydrogen-bond donors (Lipinski definition) is 0. The lowest BCUT2D eigenvalue weighted by atomic mass is 10.2. The number of rotatable bonds is 6. The molecule has 1 aromatic heterocycles. The molecular weight excluding hydrogens is 318 g/mol. The highest BCUT2D eigenvalue weighted by Gasteiger charge is 2.14. The molecule has 6 nitrogen and oxygen atoms in total.